The van der Waals surface area contributed by atoms with E-state index in [2.05, 4.69) is 24.0 Å². The first kappa shape index (κ1) is 24.2. The van der Waals surface area contributed by atoms with Crippen LogP contribution in [0.2, 0.25) is 0 Å². The Hall–Kier alpha value is -3.49. The van der Waals surface area contributed by atoms with Crippen LogP contribution in [0.15, 0.2) is 35.3 Å². The number of carbonyl (C=O) groups is 1. The molecule has 0 bridgehead atoms. The lowest BCUT2D eigenvalue weighted by Gasteiger charge is -2.30. The normalized spacial score (nSPS) is 18.2. The number of hydrogen-bond donors (Lipinski definition) is 0. The summed E-state index contributed by atoms with van der Waals surface area (Å²) in [5.74, 6) is 1.73. The van der Waals surface area contributed by atoms with E-state index in [9.17, 15) is 4.79 Å². The van der Waals surface area contributed by atoms with Gasteiger partial charge in [-0.1, -0.05) is 43.7 Å². The fourth-order valence-corrected chi connectivity index (χ4v) is 4.69. The van der Waals surface area contributed by atoms with Crippen molar-refractivity contribution in [3.8, 4) is 11.3 Å². The average Bonchev–Trinajstić information content (AvgIpc) is 3.64. The molecule has 1 saturated carbocycles. The number of likely N-dealkylation sites (tertiary alicyclic amines) is 1. The lowest BCUT2D eigenvalue weighted by atomic mass is 9.98. The molecule has 1 aliphatic heterocycles. The van der Waals surface area contributed by atoms with Gasteiger partial charge in [0, 0.05) is 44.2 Å². The van der Waals surface area contributed by atoms with Crippen molar-refractivity contribution < 1.29 is 9.53 Å². The van der Waals surface area contributed by atoms with E-state index in [0.29, 0.717) is 31.6 Å². The van der Waals surface area contributed by atoms with E-state index in [4.69, 9.17) is 19.8 Å². The highest BCUT2D eigenvalue weighted by atomic mass is 16.6. The Morgan fingerprint density at radius 1 is 1.17 bits per heavy atom. The number of fused-ring (bicyclic) bond motifs is 1. The Morgan fingerprint density at radius 2 is 1.97 bits per heavy atom. The van der Waals surface area contributed by atoms with Gasteiger partial charge >= 0.3 is 6.09 Å². The molecule has 1 amide bonds. The van der Waals surface area contributed by atoms with Gasteiger partial charge < -0.3 is 14.5 Å². The Bertz CT molecular complexity index is 1230. The highest BCUT2D eigenvalue weighted by Gasteiger charge is 2.34. The summed E-state index contributed by atoms with van der Waals surface area (Å²) in [6, 6.07) is 10.3. The second-order valence-corrected chi connectivity index (χ2v) is 9.98. The number of piperidine rings is 1. The van der Waals surface area contributed by atoms with Gasteiger partial charge in [-0.05, 0) is 38.0 Å². The number of benzene rings is 1. The fourth-order valence-electron chi connectivity index (χ4n) is 4.69. The molecule has 36 heavy (non-hydrogen) atoms. The lowest BCUT2D eigenvalue weighted by molar-refractivity contribution is 0.0898. The minimum atomic E-state index is -0.236. The molecule has 0 N–H and O–H groups in total. The summed E-state index contributed by atoms with van der Waals surface area (Å²) in [6.45, 7) is 3.83. The topological polar surface area (TPSA) is 88.2 Å². The Labute approximate surface area is 212 Å². The molecule has 0 spiro atoms. The molecule has 3 aromatic rings. The van der Waals surface area contributed by atoms with Crippen LogP contribution in [0.1, 0.15) is 68.7 Å². The summed E-state index contributed by atoms with van der Waals surface area (Å²) in [6.07, 6.45) is 7.47. The van der Waals surface area contributed by atoms with Crippen LogP contribution in [-0.4, -0.2) is 75.6 Å². The van der Waals surface area contributed by atoms with Gasteiger partial charge in [-0.2, -0.15) is 4.52 Å². The highest BCUT2D eigenvalue weighted by Crippen LogP contribution is 2.46. The van der Waals surface area contributed by atoms with Crippen LogP contribution >= 0.6 is 0 Å². The summed E-state index contributed by atoms with van der Waals surface area (Å²) in [4.78, 5) is 31.0. The lowest BCUT2D eigenvalue weighted by Crippen LogP contribution is -2.39. The maximum Gasteiger partial charge on any atom is 0.409 e. The Morgan fingerprint density at radius 3 is 2.69 bits per heavy atom. The van der Waals surface area contributed by atoms with Crippen molar-refractivity contribution in [1.82, 2.24) is 29.4 Å². The summed E-state index contributed by atoms with van der Waals surface area (Å²) < 4.78 is 7.27. The van der Waals surface area contributed by atoms with Gasteiger partial charge in [-0.15, -0.1) is 5.10 Å². The fraction of sp³-hybridized carbons (Fsp3) is 0.519. The van der Waals surface area contributed by atoms with E-state index >= 15 is 0 Å². The number of hydrogen-bond acceptors (Lipinski definition) is 6. The summed E-state index contributed by atoms with van der Waals surface area (Å²) in [5, 5.41) is 4.92. The van der Waals surface area contributed by atoms with E-state index in [0.717, 1.165) is 66.8 Å². The minimum Gasteiger partial charge on any atom is -0.449 e. The zero-order valence-corrected chi connectivity index (χ0v) is 21.4. The molecule has 1 saturated heterocycles. The van der Waals surface area contributed by atoms with Gasteiger partial charge in [0.1, 0.15) is 0 Å². The predicted octanol–water partition coefficient (Wildman–Crippen LogP) is 5.01. The molecule has 5 rings (SSSR count). The third kappa shape index (κ3) is 5.20. The van der Waals surface area contributed by atoms with Crippen LogP contribution in [0, 0.1) is 0 Å². The third-order valence-corrected chi connectivity index (χ3v) is 6.73. The zero-order chi connectivity index (χ0) is 25.1. The van der Waals surface area contributed by atoms with Crippen molar-refractivity contribution in [3.63, 3.8) is 0 Å². The van der Waals surface area contributed by atoms with Crippen molar-refractivity contribution in [3.05, 3.63) is 41.7 Å². The molecule has 2 aliphatic rings. The molecule has 9 heteroatoms. The van der Waals surface area contributed by atoms with E-state index in [1.165, 1.54) is 0 Å². The first-order chi connectivity index (χ1) is 17.5. The second-order valence-electron chi connectivity index (χ2n) is 9.98. The molecular weight excluding hydrogens is 454 g/mol. The van der Waals surface area contributed by atoms with Gasteiger partial charge in [0.05, 0.1) is 18.6 Å². The maximum atomic E-state index is 12.6. The van der Waals surface area contributed by atoms with Crippen LogP contribution in [0.3, 0.4) is 0 Å². The van der Waals surface area contributed by atoms with Crippen molar-refractivity contribution in [2.75, 3.05) is 33.8 Å². The van der Waals surface area contributed by atoms with E-state index in [1.807, 2.05) is 37.2 Å². The molecule has 1 aliphatic carbocycles. The number of rotatable bonds is 8. The molecule has 3 heterocycles. The number of nitrogens with zero attached hydrogens (tertiary/aromatic N) is 7. The van der Waals surface area contributed by atoms with Gasteiger partial charge in [0.2, 0.25) is 0 Å². The molecule has 2 aromatic heterocycles. The number of amides is 1. The van der Waals surface area contributed by atoms with E-state index in [1.54, 1.807) is 15.8 Å². The summed E-state index contributed by atoms with van der Waals surface area (Å²) in [7, 11) is 3.86. The molecule has 190 valence electrons. The van der Waals surface area contributed by atoms with Crippen LogP contribution < -0.4 is 0 Å². The smallest absolute Gasteiger partial charge is 0.409 e. The minimum absolute atomic E-state index is 0.0512. The number of unbranched alkanes of at least 4 members (excludes halogenated alkanes) is 1. The first-order valence-electron chi connectivity index (χ1n) is 13.0. The van der Waals surface area contributed by atoms with Crippen LogP contribution in [0.4, 0.5) is 10.7 Å². The highest BCUT2D eigenvalue weighted by molar-refractivity contribution is 5.74. The predicted molar refractivity (Wildman–Crippen MR) is 140 cm³/mol. The molecule has 0 radical (unpaired) electrons. The second kappa shape index (κ2) is 10.6. The molecule has 1 atom stereocenters. The number of ether oxygens (including phenoxy) is 1. The maximum absolute atomic E-state index is 12.6. The summed E-state index contributed by atoms with van der Waals surface area (Å²) in [5.41, 5.74) is 3.97. The quantitative estimate of drug-likeness (QED) is 0.251. The third-order valence-electron chi connectivity index (χ3n) is 6.73. The molecule has 9 nitrogen and oxygen atoms in total. The van der Waals surface area contributed by atoms with Gasteiger partial charge in [0.15, 0.2) is 11.5 Å². The Kier molecular flexibility index (Phi) is 7.16. The van der Waals surface area contributed by atoms with Crippen molar-refractivity contribution in [2.45, 2.75) is 57.3 Å². The van der Waals surface area contributed by atoms with Crippen LogP contribution in [-0.2, 0) is 4.74 Å². The first-order valence-corrected chi connectivity index (χ1v) is 13.0. The van der Waals surface area contributed by atoms with Crippen LogP contribution in [0.5, 0.6) is 0 Å². The molecule has 1 aromatic carbocycles. The number of aliphatic imine (C=N–C) groups is 1. The molecule has 0 unspecified atom stereocenters. The van der Waals surface area contributed by atoms with Crippen molar-refractivity contribution in [2.24, 2.45) is 4.99 Å². The standard InChI is InChI=1S/C27H35N7O2/c1-4-5-16-36-27(35)33-15-9-12-21(17-33)24-30-25-22(19-13-14-19)23(20-10-7-6-8-11-20)29-26(34(25)31-24)28-18-32(2)3/h6-8,10-11,18-19,21H,4-5,9,12-17H2,1-3H3/t21-/m0/s1. The Balaban J connectivity index is 1.54. The van der Waals surface area contributed by atoms with Gasteiger partial charge in [-0.25, -0.2) is 19.8 Å². The van der Waals surface area contributed by atoms with Gasteiger partial charge in [-0.3, -0.25) is 0 Å². The number of carbonyl (C=O) groups excluding carboxylic acids is 1. The zero-order valence-electron chi connectivity index (χ0n) is 21.4. The van der Waals surface area contributed by atoms with Crippen LogP contribution in [0.25, 0.3) is 16.9 Å². The summed E-state index contributed by atoms with van der Waals surface area (Å²) >= 11 is 0. The number of aromatic nitrogens is 4. The largest absolute Gasteiger partial charge is 0.449 e. The monoisotopic (exact) mass is 489 g/mol. The SMILES string of the molecule is CCCCOC(=O)N1CCC[C@H](c2nc3c(C4CC4)c(-c4ccccc4)nc(N=CN(C)C)n3n2)C1. The average molecular weight is 490 g/mol. The molecule has 2 fully saturated rings. The van der Waals surface area contributed by atoms with E-state index < -0.39 is 0 Å². The van der Waals surface area contributed by atoms with Gasteiger partial charge in [0.25, 0.3) is 5.95 Å². The van der Waals surface area contributed by atoms with E-state index in [-0.39, 0.29) is 12.0 Å². The van der Waals surface area contributed by atoms with Crippen molar-refractivity contribution in [1.29, 1.82) is 0 Å². The van der Waals surface area contributed by atoms with Crippen molar-refractivity contribution >= 4 is 24.0 Å². The molecular formula is C27H35N7O2.